The molecule has 126 valence electrons. The minimum atomic E-state index is -1.44. The first-order valence-electron chi connectivity index (χ1n) is 7.79. The molecule has 5 rings (SSSR count). The third-order valence-electron chi connectivity index (χ3n) is 5.39. The van der Waals surface area contributed by atoms with Gasteiger partial charge < -0.3 is 18.9 Å². The number of carbonyl (C=O) groups is 2. The van der Waals surface area contributed by atoms with E-state index in [9.17, 15) is 9.59 Å². The standard InChI is InChI=1S/C18H18O6/c1-21-17(20)10-8-11-15-13(9-6-4-5-7-12(9)24-15)14(10)16(19)18(11,22-2)23-3/h4-8,11,13-15H,1-3H3/t11-,13-,14+,15+/m0/s1. The average Bonchev–Trinajstić information content (AvgIpc) is 3.01. The highest BCUT2D eigenvalue weighted by Crippen LogP contribution is 2.58. The number of ether oxygens (including phenoxy) is 4. The van der Waals surface area contributed by atoms with Crippen LogP contribution in [0.5, 0.6) is 5.75 Å². The summed E-state index contributed by atoms with van der Waals surface area (Å²) >= 11 is 0. The van der Waals surface area contributed by atoms with Crippen LogP contribution in [0, 0.1) is 11.8 Å². The van der Waals surface area contributed by atoms with Crippen LogP contribution in [-0.2, 0) is 23.8 Å². The van der Waals surface area contributed by atoms with Gasteiger partial charge in [0.25, 0.3) is 0 Å². The van der Waals surface area contributed by atoms with Gasteiger partial charge in [0.2, 0.25) is 11.6 Å². The van der Waals surface area contributed by atoms with Crippen molar-refractivity contribution in [2.75, 3.05) is 21.3 Å². The number of hydrogen-bond acceptors (Lipinski definition) is 6. The quantitative estimate of drug-likeness (QED) is 0.617. The second-order valence-corrected chi connectivity index (χ2v) is 6.20. The summed E-state index contributed by atoms with van der Waals surface area (Å²) in [6, 6.07) is 7.59. The molecule has 6 heteroatoms. The van der Waals surface area contributed by atoms with Gasteiger partial charge in [0, 0.05) is 31.3 Å². The summed E-state index contributed by atoms with van der Waals surface area (Å²) in [6.45, 7) is 0. The molecule has 1 saturated carbocycles. The lowest BCUT2D eigenvalue weighted by molar-refractivity contribution is -0.249. The van der Waals surface area contributed by atoms with Crippen molar-refractivity contribution in [1.82, 2.24) is 0 Å². The molecule has 24 heavy (non-hydrogen) atoms. The molecule has 0 aromatic heterocycles. The highest BCUT2D eigenvalue weighted by atomic mass is 16.7. The molecule has 1 aromatic rings. The van der Waals surface area contributed by atoms with Gasteiger partial charge >= 0.3 is 5.97 Å². The van der Waals surface area contributed by atoms with Crippen molar-refractivity contribution in [3.63, 3.8) is 0 Å². The Labute approximate surface area is 139 Å². The monoisotopic (exact) mass is 330 g/mol. The van der Waals surface area contributed by atoms with Gasteiger partial charge in [0.1, 0.15) is 11.9 Å². The average molecular weight is 330 g/mol. The lowest BCUT2D eigenvalue weighted by Gasteiger charge is -2.51. The van der Waals surface area contributed by atoms with E-state index >= 15 is 0 Å². The number of para-hydroxylation sites is 1. The van der Waals surface area contributed by atoms with Crippen LogP contribution in [0.25, 0.3) is 0 Å². The number of methoxy groups -OCH3 is 3. The Morgan fingerprint density at radius 3 is 2.54 bits per heavy atom. The van der Waals surface area contributed by atoms with Crippen LogP contribution in [0.3, 0.4) is 0 Å². The van der Waals surface area contributed by atoms with Crippen molar-refractivity contribution < 1.29 is 28.5 Å². The zero-order valence-corrected chi connectivity index (χ0v) is 13.6. The molecule has 1 heterocycles. The molecule has 0 radical (unpaired) electrons. The lowest BCUT2D eigenvalue weighted by Crippen LogP contribution is -2.65. The number of carbonyl (C=O) groups excluding carboxylic acids is 2. The Hall–Kier alpha value is -2.18. The molecule has 2 bridgehead atoms. The van der Waals surface area contributed by atoms with Crippen molar-refractivity contribution in [2.45, 2.75) is 17.8 Å². The fraction of sp³-hybridized carbons (Fsp3) is 0.444. The first-order valence-corrected chi connectivity index (χ1v) is 7.79. The predicted octanol–water partition coefficient (Wildman–Crippen LogP) is 1.45. The van der Waals surface area contributed by atoms with Crippen molar-refractivity contribution in [3.05, 3.63) is 41.5 Å². The molecule has 4 aliphatic rings. The van der Waals surface area contributed by atoms with Crippen LogP contribution in [0.4, 0.5) is 0 Å². The molecule has 3 aliphatic carbocycles. The third-order valence-corrected chi connectivity index (χ3v) is 5.39. The lowest BCUT2D eigenvalue weighted by atomic mass is 9.58. The van der Waals surface area contributed by atoms with E-state index in [2.05, 4.69) is 0 Å². The van der Waals surface area contributed by atoms with Gasteiger partial charge in [0.05, 0.1) is 18.9 Å². The van der Waals surface area contributed by atoms with E-state index in [1.807, 2.05) is 24.3 Å². The van der Waals surface area contributed by atoms with Crippen molar-refractivity contribution in [3.8, 4) is 5.75 Å². The zero-order valence-electron chi connectivity index (χ0n) is 13.6. The third kappa shape index (κ3) is 1.67. The van der Waals surface area contributed by atoms with Gasteiger partial charge in [-0.3, -0.25) is 4.79 Å². The topological polar surface area (TPSA) is 71.1 Å². The molecule has 0 unspecified atom stereocenters. The first kappa shape index (κ1) is 15.4. The van der Waals surface area contributed by atoms with Crippen LogP contribution >= 0.6 is 0 Å². The number of rotatable bonds is 3. The molecule has 4 atom stereocenters. The minimum absolute atomic E-state index is 0.240. The molecule has 0 saturated heterocycles. The van der Waals surface area contributed by atoms with E-state index in [4.69, 9.17) is 18.9 Å². The smallest absolute Gasteiger partial charge is 0.334 e. The SMILES string of the molecule is COC(=O)C1=C[C@H]2[C@H]3Oc4ccccc4[C@H]3[C@@H]1C(=O)C2(OC)OC. The summed E-state index contributed by atoms with van der Waals surface area (Å²) in [7, 11) is 4.18. The van der Waals surface area contributed by atoms with Gasteiger partial charge in [-0.25, -0.2) is 4.79 Å². The highest BCUT2D eigenvalue weighted by Gasteiger charge is 2.67. The summed E-state index contributed by atoms with van der Waals surface area (Å²) in [6.07, 6.45) is 1.40. The second-order valence-electron chi connectivity index (χ2n) is 6.20. The number of esters is 1. The summed E-state index contributed by atoms with van der Waals surface area (Å²) in [4.78, 5) is 25.4. The fourth-order valence-corrected chi connectivity index (χ4v) is 4.39. The van der Waals surface area contributed by atoms with Crippen LogP contribution in [0.1, 0.15) is 11.5 Å². The number of fused-ring (bicyclic) bond motifs is 2. The Morgan fingerprint density at radius 1 is 1.17 bits per heavy atom. The molecule has 1 fully saturated rings. The Balaban J connectivity index is 1.91. The van der Waals surface area contributed by atoms with Gasteiger partial charge in [-0.15, -0.1) is 0 Å². The van der Waals surface area contributed by atoms with Gasteiger partial charge in [-0.05, 0) is 6.07 Å². The predicted molar refractivity (Wildman–Crippen MR) is 82.4 cm³/mol. The maximum atomic E-state index is 13.2. The molecule has 0 N–H and O–H groups in total. The number of hydrogen-bond donors (Lipinski definition) is 0. The molecular weight excluding hydrogens is 312 g/mol. The van der Waals surface area contributed by atoms with Crippen LogP contribution in [-0.4, -0.2) is 45.0 Å². The molecule has 1 aromatic carbocycles. The van der Waals surface area contributed by atoms with E-state index in [0.29, 0.717) is 5.57 Å². The van der Waals surface area contributed by atoms with E-state index < -0.39 is 23.6 Å². The van der Waals surface area contributed by atoms with Gasteiger partial charge in [0.15, 0.2) is 0 Å². The molecule has 6 nitrogen and oxygen atoms in total. The Morgan fingerprint density at radius 2 is 1.88 bits per heavy atom. The van der Waals surface area contributed by atoms with Crippen molar-refractivity contribution in [1.29, 1.82) is 0 Å². The zero-order chi connectivity index (χ0) is 17.1. The Bertz CT molecular complexity index is 748. The molecule has 0 amide bonds. The second kappa shape index (κ2) is 5.16. The Kier molecular flexibility index (Phi) is 3.30. The maximum absolute atomic E-state index is 13.2. The van der Waals surface area contributed by atoms with E-state index in [1.165, 1.54) is 21.3 Å². The first-order chi connectivity index (χ1) is 11.6. The van der Waals surface area contributed by atoms with E-state index in [0.717, 1.165) is 11.3 Å². The summed E-state index contributed by atoms with van der Waals surface area (Å²) < 4.78 is 22.0. The largest absolute Gasteiger partial charge is 0.489 e. The van der Waals surface area contributed by atoms with Gasteiger partial charge in [-0.1, -0.05) is 24.3 Å². The highest BCUT2D eigenvalue weighted by molar-refractivity contribution is 6.04. The number of ketones is 1. The van der Waals surface area contributed by atoms with Crippen LogP contribution in [0.15, 0.2) is 35.9 Å². The number of Topliss-reactive ketones (excluding diaryl/α,β-unsaturated/α-hetero) is 1. The molecular formula is C18H18O6. The van der Waals surface area contributed by atoms with Crippen LogP contribution < -0.4 is 4.74 Å². The van der Waals surface area contributed by atoms with Crippen LogP contribution in [0.2, 0.25) is 0 Å². The van der Waals surface area contributed by atoms with Crippen molar-refractivity contribution >= 4 is 11.8 Å². The fourth-order valence-electron chi connectivity index (χ4n) is 4.39. The molecule has 0 spiro atoms. The maximum Gasteiger partial charge on any atom is 0.334 e. The van der Waals surface area contributed by atoms with Gasteiger partial charge in [-0.2, -0.15) is 0 Å². The van der Waals surface area contributed by atoms with E-state index in [1.54, 1.807) is 6.08 Å². The normalized spacial score (nSPS) is 31.8. The van der Waals surface area contributed by atoms with E-state index in [-0.39, 0.29) is 17.8 Å². The minimum Gasteiger partial charge on any atom is -0.489 e. The number of benzene rings is 1. The summed E-state index contributed by atoms with van der Waals surface area (Å²) in [5.41, 5.74) is 1.29. The summed E-state index contributed by atoms with van der Waals surface area (Å²) in [5.74, 6) is -2.95. The molecule has 1 aliphatic heterocycles. The van der Waals surface area contributed by atoms with Crippen molar-refractivity contribution in [2.24, 2.45) is 11.8 Å². The summed E-state index contributed by atoms with van der Waals surface area (Å²) in [5, 5.41) is 0.